The molecule has 1 amide bonds. The predicted octanol–water partition coefficient (Wildman–Crippen LogP) is 2.30. The fourth-order valence-corrected chi connectivity index (χ4v) is 2.93. The number of amides is 1. The Morgan fingerprint density at radius 1 is 1.62 bits per heavy atom. The number of carbonyl (C=O) groups excluding carboxylic acids is 1. The van der Waals surface area contributed by atoms with E-state index in [1.165, 1.54) is 0 Å². The van der Waals surface area contributed by atoms with Gasteiger partial charge in [0.15, 0.2) is 0 Å². The maximum Gasteiger partial charge on any atom is 0.220 e. The third kappa shape index (κ3) is 2.12. The lowest BCUT2D eigenvalue weighted by atomic mass is 9.81. The molecule has 0 saturated carbocycles. The molecule has 3 nitrogen and oxygen atoms in total. The van der Waals surface area contributed by atoms with Crippen molar-refractivity contribution in [3.05, 3.63) is 16.1 Å². The lowest BCUT2D eigenvalue weighted by Crippen LogP contribution is -2.48. The molecular formula is C12H18N2OS. The molecule has 16 heavy (non-hydrogen) atoms. The van der Waals surface area contributed by atoms with E-state index >= 15 is 0 Å². The van der Waals surface area contributed by atoms with Crippen molar-refractivity contribution in [2.75, 3.05) is 0 Å². The average molecular weight is 238 g/mol. The highest BCUT2D eigenvalue weighted by molar-refractivity contribution is 7.09. The maximum atomic E-state index is 11.4. The molecule has 1 aromatic rings. The summed E-state index contributed by atoms with van der Waals surface area (Å²) in [5.41, 5.74) is 1.04. The third-order valence-corrected chi connectivity index (χ3v) is 4.28. The molecule has 1 fully saturated rings. The summed E-state index contributed by atoms with van der Waals surface area (Å²) in [4.78, 5) is 15.9. The van der Waals surface area contributed by atoms with Gasteiger partial charge in [-0.05, 0) is 19.3 Å². The van der Waals surface area contributed by atoms with Crippen LogP contribution in [0.1, 0.15) is 37.4 Å². The molecule has 2 rings (SSSR count). The van der Waals surface area contributed by atoms with Crippen molar-refractivity contribution in [1.29, 1.82) is 0 Å². The van der Waals surface area contributed by atoms with Gasteiger partial charge in [-0.15, -0.1) is 11.3 Å². The van der Waals surface area contributed by atoms with Crippen molar-refractivity contribution in [3.63, 3.8) is 0 Å². The largest absolute Gasteiger partial charge is 0.350 e. The summed E-state index contributed by atoms with van der Waals surface area (Å²) in [6, 6.07) is 0. The molecular weight excluding hydrogens is 220 g/mol. The molecule has 0 aliphatic carbocycles. The van der Waals surface area contributed by atoms with Gasteiger partial charge in [0, 0.05) is 23.8 Å². The van der Waals surface area contributed by atoms with Crippen LogP contribution in [0.3, 0.4) is 0 Å². The van der Waals surface area contributed by atoms with Gasteiger partial charge in [-0.1, -0.05) is 13.8 Å². The Hall–Kier alpha value is -0.900. The number of aryl methyl sites for hydroxylation is 1. The van der Waals surface area contributed by atoms with Crippen molar-refractivity contribution in [2.45, 2.75) is 45.6 Å². The summed E-state index contributed by atoms with van der Waals surface area (Å²) in [6.07, 6.45) is 2.45. The first-order chi connectivity index (χ1) is 7.52. The van der Waals surface area contributed by atoms with Crippen LogP contribution in [-0.4, -0.2) is 16.4 Å². The average Bonchev–Trinajstić information content (AvgIpc) is 2.75. The van der Waals surface area contributed by atoms with E-state index in [1.54, 1.807) is 11.3 Å². The number of rotatable bonds is 3. The van der Waals surface area contributed by atoms with Crippen LogP contribution < -0.4 is 5.32 Å². The minimum absolute atomic E-state index is 0.0718. The van der Waals surface area contributed by atoms with E-state index in [0.717, 1.165) is 23.5 Å². The molecule has 1 saturated heterocycles. The first-order valence-electron chi connectivity index (χ1n) is 5.74. The molecule has 0 aromatic carbocycles. The van der Waals surface area contributed by atoms with Crippen LogP contribution in [0.25, 0.3) is 0 Å². The minimum Gasteiger partial charge on any atom is -0.350 e. The highest BCUT2D eigenvalue weighted by atomic mass is 32.1. The Morgan fingerprint density at radius 3 is 2.81 bits per heavy atom. The van der Waals surface area contributed by atoms with Gasteiger partial charge in [-0.3, -0.25) is 4.79 Å². The lowest BCUT2D eigenvalue weighted by Gasteiger charge is -2.32. The van der Waals surface area contributed by atoms with E-state index in [0.29, 0.717) is 12.3 Å². The van der Waals surface area contributed by atoms with E-state index in [4.69, 9.17) is 0 Å². The summed E-state index contributed by atoms with van der Waals surface area (Å²) in [6.45, 7) is 6.36. The second-order valence-corrected chi connectivity index (χ2v) is 5.96. The van der Waals surface area contributed by atoms with Crippen LogP contribution >= 0.6 is 11.3 Å². The molecule has 2 heterocycles. The van der Waals surface area contributed by atoms with Gasteiger partial charge in [0.1, 0.15) is 0 Å². The molecule has 0 radical (unpaired) electrons. The van der Waals surface area contributed by atoms with E-state index in [2.05, 4.69) is 29.5 Å². The molecule has 1 unspecified atom stereocenters. The lowest BCUT2D eigenvalue weighted by molar-refractivity contribution is -0.120. The molecule has 1 aliphatic heterocycles. The van der Waals surface area contributed by atoms with E-state index < -0.39 is 0 Å². The van der Waals surface area contributed by atoms with Crippen LogP contribution in [0.4, 0.5) is 0 Å². The molecule has 0 spiro atoms. The number of nitrogens with one attached hydrogen (secondary N) is 1. The number of aromatic nitrogens is 1. The van der Waals surface area contributed by atoms with Crippen molar-refractivity contribution < 1.29 is 4.79 Å². The molecule has 1 N–H and O–H groups in total. The Labute approximate surface area is 100 Å². The monoisotopic (exact) mass is 238 g/mol. The number of thiazole rings is 1. The number of carbonyl (C=O) groups is 1. The summed E-state index contributed by atoms with van der Waals surface area (Å²) < 4.78 is 0. The highest BCUT2D eigenvalue weighted by Crippen LogP contribution is 2.32. The van der Waals surface area contributed by atoms with Crippen molar-refractivity contribution in [3.8, 4) is 0 Å². The number of nitrogens with zero attached hydrogens (tertiary/aromatic N) is 1. The first-order valence-corrected chi connectivity index (χ1v) is 6.62. The fraction of sp³-hybridized carbons (Fsp3) is 0.667. The number of hydrogen-bond donors (Lipinski definition) is 1. The number of hydrogen-bond acceptors (Lipinski definition) is 3. The van der Waals surface area contributed by atoms with E-state index in [9.17, 15) is 4.79 Å². The van der Waals surface area contributed by atoms with Gasteiger partial charge in [-0.2, -0.15) is 0 Å². The Morgan fingerprint density at radius 2 is 2.38 bits per heavy atom. The summed E-state index contributed by atoms with van der Waals surface area (Å²) in [7, 11) is 0. The normalized spacial score (nSPS) is 25.1. The van der Waals surface area contributed by atoms with Gasteiger partial charge >= 0.3 is 0 Å². The zero-order chi connectivity index (χ0) is 11.8. The van der Waals surface area contributed by atoms with Gasteiger partial charge in [0.05, 0.1) is 10.7 Å². The van der Waals surface area contributed by atoms with E-state index in [1.807, 2.05) is 6.92 Å². The van der Waals surface area contributed by atoms with Crippen molar-refractivity contribution in [1.82, 2.24) is 10.3 Å². The van der Waals surface area contributed by atoms with Gasteiger partial charge < -0.3 is 5.32 Å². The van der Waals surface area contributed by atoms with Crippen LogP contribution in [0.5, 0.6) is 0 Å². The second kappa shape index (κ2) is 4.17. The van der Waals surface area contributed by atoms with Gasteiger partial charge in [-0.25, -0.2) is 4.98 Å². The van der Waals surface area contributed by atoms with Crippen LogP contribution in [0.2, 0.25) is 0 Å². The maximum absolute atomic E-state index is 11.4. The molecule has 1 aliphatic rings. The van der Waals surface area contributed by atoms with Crippen LogP contribution in [-0.2, 0) is 11.2 Å². The second-order valence-electron chi connectivity index (χ2n) is 4.89. The smallest absolute Gasteiger partial charge is 0.220 e. The Balaban J connectivity index is 2.18. The minimum atomic E-state index is -0.0718. The van der Waals surface area contributed by atoms with Gasteiger partial charge in [0.25, 0.3) is 0 Å². The SMILES string of the molecule is Cc1nc(CC2(C(C)C)CCC(=O)N2)cs1. The molecule has 1 atom stereocenters. The zero-order valence-corrected chi connectivity index (χ0v) is 10.9. The molecule has 88 valence electrons. The summed E-state index contributed by atoms with van der Waals surface area (Å²) >= 11 is 1.68. The van der Waals surface area contributed by atoms with Crippen molar-refractivity contribution >= 4 is 17.2 Å². The molecule has 1 aromatic heterocycles. The quantitative estimate of drug-likeness (QED) is 0.878. The van der Waals surface area contributed by atoms with E-state index in [-0.39, 0.29) is 11.4 Å². The van der Waals surface area contributed by atoms with Crippen LogP contribution in [0.15, 0.2) is 5.38 Å². The summed E-state index contributed by atoms with van der Waals surface area (Å²) in [5, 5.41) is 6.35. The molecule has 4 heteroatoms. The van der Waals surface area contributed by atoms with Crippen LogP contribution in [0, 0.1) is 12.8 Å². The fourth-order valence-electron chi connectivity index (χ4n) is 2.32. The molecule has 0 bridgehead atoms. The predicted molar refractivity (Wildman–Crippen MR) is 65.5 cm³/mol. The first kappa shape index (κ1) is 11.6. The Bertz CT molecular complexity index is 399. The van der Waals surface area contributed by atoms with Crippen molar-refractivity contribution in [2.24, 2.45) is 5.92 Å². The standard InChI is InChI=1S/C12H18N2OS/c1-8(2)12(5-4-11(15)14-12)6-10-7-16-9(3)13-10/h7-8H,4-6H2,1-3H3,(H,14,15). The van der Waals surface area contributed by atoms with Gasteiger partial charge in [0.2, 0.25) is 5.91 Å². The third-order valence-electron chi connectivity index (χ3n) is 3.45. The highest BCUT2D eigenvalue weighted by Gasteiger charge is 2.40. The Kier molecular flexibility index (Phi) is 3.02. The topological polar surface area (TPSA) is 42.0 Å². The zero-order valence-electron chi connectivity index (χ0n) is 10.0. The summed E-state index contributed by atoms with van der Waals surface area (Å²) in [5.74, 6) is 0.626.